The second-order valence-electron chi connectivity index (χ2n) is 12.1. The monoisotopic (exact) mass is 533 g/mol. The number of ether oxygens (including phenoxy) is 1. The SMILES string of the molecule is CC(C)CC(NCC1C=CCCC1)C(=O)NC(Cc1ccc(OCc2ccccc2)cc1)C(=O)NC(C)(C)C. The van der Waals surface area contributed by atoms with Crippen molar-refractivity contribution in [2.45, 2.75) is 91.0 Å². The van der Waals surface area contributed by atoms with Gasteiger partial charge >= 0.3 is 0 Å². The number of amides is 2. The van der Waals surface area contributed by atoms with E-state index in [0.717, 1.165) is 36.3 Å². The molecular formula is C33H47N3O3. The van der Waals surface area contributed by atoms with Gasteiger partial charge in [0.25, 0.3) is 0 Å². The Labute approximate surface area is 235 Å². The molecular weight excluding hydrogens is 486 g/mol. The maximum Gasteiger partial charge on any atom is 0.243 e. The Morgan fingerprint density at radius 1 is 0.949 bits per heavy atom. The summed E-state index contributed by atoms with van der Waals surface area (Å²) >= 11 is 0. The molecule has 3 unspecified atom stereocenters. The van der Waals surface area contributed by atoms with Crippen LogP contribution in [0.15, 0.2) is 66.7 Å². The van der Waals surface area contributed by atoms with Crippen molar-refractivity contribution in [3.05, 3.63) is 77.9 Å². The van der Waals surface area contributed by atoms with E-state index < -0.39 is 11.6 Å². The van der Waals surface area contributed by atoms with Crippen molar-refractivity contribution >= 4 is 11.8 Å². The predicted molar refractivity (Wildman–Crippen MR) is 158 cm³/mol. The maximum atomic E-state index is 13.5. The summed E-state index contributed by atoms with van der Waals surface area (Å²) in [4.78, 5) is 26.8. The van der Waals surface area contributed by atoms with E-state index in [1.807, 2.05) is 75.4 Å². The molecule has 2 amide bonds. The van der Waals surface area contributed by atoms with Crippen molar-refractivity contribution in [2.24, 2.45) is 11.8 Å². The zero-order valence-electron chi connectivity index (χ0n) is 24.3. The molecule has 0 radical (unpaired) electrons. The largest absolute Gasteiger partial charge is 0.489 e. The summed E-state index contributed by atoms with van der Waals surface area (Å²) in [6.07, 6.45) is 9.06. The van der Waals surface area contributed by atoms with Crippen LogP contribution in [0.3, 0.4) is 0 Å². The molecule has 3 rings (SSSR count). The van der Waals surface area contributed by atoms with Gasteiger partial charge in [-0.25, -0.2) is 0 Å². The molecule has 0 saturated heterocycles. The van der Waals surface area contributed by atoms with E-state index in [-0.39, 0.29) is 17.9 Å². The summed E-state index contributed by atoms with van der Waals surface area (Å²) in [5.41, 5.74) is 1.65. The van der Waals surface area contributed by atoms with Crippen molar-refractivity contribution in [1.29, 1.82) is 0 Å². The van der Waals surface area contributed by atoms with Crippen LogP contribution in [0.2, 0.25) is 0 Å². The van der Waals surface area contributed by atoms with Gasteiger partial charge in [0.2, 0.25) is 11.8 Å². The van der Waals surface area contributed by atoms with Crippen LogP contribution in [0.5, 0.6) is 5.75 Å². The fourth-order valence-electron chi connectivity index (χ4n) is 4.74. The molecule has 2 aromatic carbocycles. The highest BCUT2D eigenvalue weighted by Crippen LogP contribution is 2.18. The van der Waals surface area contributed by atoms with Gasteiger partial charge in [0, 0.05) is 18.5 Å². The summed E-state index contributed by atoms with van der Waals surface area (Å²) < 4.78 is 5.91. The van der Waals surface area contributed by atoms with Gasteiger partial charge in [0.15, 0.2) is 0 Å². The molecule has 0 saturated carbocycles. The Balaban J connectivity index is 1.67. The molecule has 0 bridgehead atoms. The minimum absolute atomic E-state index is 0.125. The van der Waals surface area contributed by atoms with Gasteiger partial charge in [-0.15, -0.1) is 0 Å². The molecule has 0 heterocycles. The molecule has 0 aromatic heterocycles. The van der Waals surface area contributed by atoms with E-state index in [2.05, 4.69) is 41.9 Å². The van der Waals surface area contributed by atoms with Gasteiger partial charge in [-0.3, -0.25) is 9.59 Å². The highest BCUT2D eigenvalue weighted by molar-refractivity contribution is 5.90. The molecule has 3 atom stereocenters. The van der Waals surface area contributed by atoms with Crippen LogP contribution in [-0.4, -0.2) is 36.0 Å². The summed E-state index contributed by atoms with van der Waals surface area (Å²) in [7, 11) is 0. The van der Waals surface area contributed by atoms with Gasteiger partial charge in [-0.1, -0.05) is 68.5 Å². The van der Waals surface area contributed by atoms with E-state index in [1.54, 1.807) is 0 Å². The van der Waals surface area contributed by atoms with E-state index >= 15 is 0 Å². The number of allylic oxidation sites excluding steroid dienone is 1. The van der Waals surface area contributed by atoms with Crippen LogP contribution in [0.4, 0.5) is 0 Å². The molecule has 0 aliphatic heterocycles. The van der Waals surface area contributed by atoms with E-state index in [0.29, 0.717) is 31.3 Å². The van der Waals surface area contributed by atoms with Gasteiger partial charge < -0.3 is 20.7 Å². The lowest BCUT2D eigenvalue weighted by atomic mass is 9.95. The maximum absolute atomic E-state index is 13.5. The van der Waals surface area contributed by atoms with Crippen LogP contribution in [0.25, 0.3) is 0 Å². The summed E-state index contributed by atoms with van der Waals surface area (Å²) in [5.74, 6) is 1.25. The molecule has 2 aromatic rings. The molecule has 6 heteroatoms. The highest BCUT2D eigenvalue weighted by Gasteiger charge is 2.28. The average molecular weight is 534 g/mol. The number of rotatable bonds is 13. The van der Waals surface area contributed by atoms with E-state index in [1.165, 1.54) is 6.42 Å². The fraction of sp³-hybridized carbons (Fsp3) is 0.515. The zero-order valence-corrected chi connectivity index (χ0v) is 24.3. The van der Waals surface area contributed by atoms with Crippen molar-refractivity contribution < 1.29 is 14.3 Å². The van der Waals surface area contributed by atoms with Crippen molar-refractivity contribution in [2.75, 3.05) is 6.54 Å². The summed E-state index contributed by atoms with van der Waals surface area (Å²) in [6.45, 7) is 11.3. The number of benzene rings is 2. The second kappa shape index (κ2) is 14.9. The van der Waals surface area contributed by atoms with Crippen LogP contribution in [-0.2, 0) is 22.6 Å². The smallest absolute Gasteiger partial charge is 0.243 e. The lowest BCUT2D eigenvalue weighted by molar-refractivity contribution is -0.131. The third kappa shape index (κ3) is 11.3. The lowest BCUT2D eigenvalue weighted by Crippen LogP contribution is -2.56. The lowest BCUT2D eigenvalue weighted by Gasteiger charge is -2.28. The summed E-state index contributed by atoms with van der Waals surface area (Å²) in [5, 5.41) is 9.63. The molecule has 0 fully saturated rings. The minimum atomic E-state index is -0.682. The van der Waals surface area contributed by atoms with Gasteiger partial charge in [-0.2, -0.15) is 0 Å². The number of carbonyl (C=O) groups excluding carboxylic acids is 2. The molecule has 3 N–H and O–H groups in total. The van der Waals surface area contributed by atoms with Gasteiger partial charge in [0.1, 0.15) is 18.4 Å². The molecule has 6 nitrogen and oxygen atoms in total. The first kappa shape index (κ1) is 30.4. The van der Waals surface area contributed by atoms with Crippen molar-refractivity contribution in [1.82, 2.24) is 16.0 Å². The van der Waals surface area contributed by atoms with Crippen LogP contribution in [0, 0.1) is 11.8 Å². The normalized spacial score (nSPS) is 16.9. The average Bonchev–Trinajstić information content (AvgIpc) is 2.90. The van der Waals surface area contributed by atoms with Crippen molar-refractivity contribution in [3.8, 4) is 5.75 Å². The third-order valence-electron chi connectivity index (χ3n) is 6.75. The zero-order chi connectivity index (χ0) is 28.3. The Morgan fingerprint density at radius 3 is 2.28 bits per heavy atom. The summed E-state index contributed by atoms with van der Waals surface area (Å²) in [6, 6.07) is 16.8. The Bertz CT molecular complexity index is 1060. The number of hydrogen-bond donors (Lipinski definition) is 3. The number of carbonyl (C=O) groups is 2. The topological polar surface area (TPSA) is 79.5 Å². The molecule has 39 heavy (non-hydrogen) atoms. The first-order chi connectivity index (χ1) is 18.6. The van der Waals surface area contributed by atoms with Crippen LogP contribution >= 0.6 is 0 Å². The van der Waals surface area contributed by atoms with Crippen LogP contribution < -0.4 is 20.7 Å². The second-order valence-corrected chi connectivity index (χ2v) is 12.1. The van der Waals surface area contributed by atoms with E-state index in [9.17, 15) is 9.59 Å². The van der Waals surface area contributed by atoms with Gasteiger partial charge in [0.05, 0.1) is 6.04 Å². The van der Waals surface area contributed by atoms with Crippen molar-refractivity contribution in [3.63, 3.8) is 0 Å². The molecule has 1 aliphatic carbocycles. The Kier molecular flexibility index (Phi) is 11.6. The highest BCUT2D eigenvalue weighted by atomic mass is 16.5. The molecule has 212 valence electrons. The fourth-order valence-corrected chi connectivity index (χ4v) is 4.74. The first-order valence-electron chi connectivity index (χ1n) is 14.4. The molecule has 1 aliphatic rings. The first-order valence-corrected chi connectivity index (χ1v) is 14.4. The minimum Gasteiger partial charge on any atom is -0.489 e. The predicted octanol–water partition coefficient (Wildman–Crippen LogP) is 5.57. The molecule has 0 spiro atoms. The van der Waals surface area contributed by atoms with E-state index in [4.69, 9.17) is 4.74 Å². The third-order valence-corrected chi connectivity index (χ3v) is 6.75. The number of hydrogen-bond acceptors (Lipinski definition) is 4. The quantitative estimate of drug-likeness (QED) is 0.294. The van der Waals surface area contributed by atoms with Crippen LogP contribution in [0.1, 0.15) is 71.4 Å². The number of nitrogens with one attached hydrogen (secondary N) is 3. The van der Waals surface area contributed by atoms with Gasteiger partial charge in [-0.05, 0) is 81.5 Å². The standard InChI is InChI=1S/C33H47N3O3/c1-24(2)20-29(34-22-26-12-8-6-9-13-26)31(37)35-30(32(38)36-33(3,4)5)21-25-16-18-28(19-17-25)39-23-27-14-10-7-11-15-27/h7-8,10-12,14-19,24,26,29-30,34H,6,9,13,20-23H2,1-5H3,(H,35,37)(H,36,38). The Hall–Kier alpha value is -3.12. The Morgan fingerprint density at radius 2 is 1.67 bits per heavy atom.